The van der Waals surface area contributed by atoms with Crippen molar-refractivity contribution < 1.29 is 24.5 Å². The van der Waals surface area contributed by atoms with E-state index in [1.807, 2.05) is 6.08 Å². The third kappa shape index (κ3) is 63.1. The van der Waals surface area contributed by atoms with Gasteiger partial charge in [-0.2, -0.15) is 0 Å². The quantitative estimate of drug-likeness (QED) is 0.0320. The molecular weight excluding hydrogens is 947 g/mol. The Hall–Kier alpha value is -1.92. The molecule has 0 aliphatic carbocycles. The van der Waals surface area contributed by atoms with Gasteiger partial charge >= 0.3 is 5.97 Å². The molecule has 454 valence electrons. The molecule has 0 fully saturated rings. The van der Waals surface area contributed by atoms with Crippen LogP contribution in [0.1, 0.15) is 380 Å². The molecule has 0 bridgehead atoms. The topological polar surface area (TPSA) is 95.9 Å². The van der Waals surface area contributed by atoms with E-state index in [0.29, 0.717) is 19.4 Å². The van der Waals surface area contributed by atoms with E-state index in [-0.39, 0.29) is 18.5 Å². The maximum absolute atomic E-state index is 12.4. The molecule has 0 aromatic heterocycles. The fourth-order valence-corrected chi connectivity index (χ4v) is 10.8. The molecule has 77 heavy (non-hydrogen) atoms. The summed E-state index contributed by atoms with van der Waals surface area (Å²) >= 11 is 0. The summed E-state index contributed by atoms with van der Waals surface area (Å²) in [5, 5.41) is 23.1. The maximum Gasteiger partial charge on any atom is 0.305 e. The first-order valence-corrected chi connectivity index (χ1v) is 34.8. The van der Waals surface area contributed by atoms with Crippen LogP contribution in [0, 0.1) is 0 Å². The first-order valence-electron chi connectivity index (χ1n) is 34.8. The van der Waals surface area contributed by atoms with Crippen molar-refractivity contribution in [2.75, 3.05) is 13.2 Å². The molecule has 0 radical (unpaired) electrons. The maximum atomic E-state index is 12.4. The largest absolute Gasteiger partial charge is 0.466 e. The minimum atomic E-state index is -0.840. The van der Waals surface area contributed by atoms with Crippen molar-refractivity contribution in [1.29, 1.82) is 0 Å². The van der Waals surface area contributed by atoms with Crippen molar-refractivity contribution in [3.05, 3.63) is 36.5 Å². The molecule has 0 spiro atoms. The summed E-state index contributed by atoms with van der Waals surface area (Å²) in [5.74, 6) is -0.0529. The molecule has 6 heteroatoms. The van der Waals surface area contributed by atoms with Crippen LogP contribution in [0.15, 0.2) is 36.5 Å². The van der Waals surface area contributed by atoms with Gasteiger partial charge in [0.1, 0.15) is 0 Å². The Labute approximate surface area is 481 Å². The fraction of sp³-hybridized carbons (Fsp3) is 0.887. The van der Waals surface area contributed by atoms with Crippen LogP contribution in [-0.4, -0.2) is 47.4 Å². The second-order valence-corrected chi connectivity index (χ2v) is 23.9. The summed E-state index contributed by atoms with van der Waals surface area (Å²) in [6.45, 7) is 4.90. The Morgan fingerprint density at radius 1 is 0.351 bits per heavy atom. The van der Waals surface area contributed by atoms with Crippen molar-refractivity contribution in [3.8, 4) is 0 Å². The summed E-state index contributed by atoms with van der Waals surface area (Å²) in [4.78, 5) is 24.5. The highest BCUT2D eigenvalue weighted by Gasteiger charge is 2.18. The highest BCUT2D eigenvalue weighted by atomic mass is 16.5. The Balaban J connectivity index is 3.33. The van der Waals surface area contributed by atoms with E-state index >= 15 is 0 Å². The Morgan fingerprint density at radius 2 is 0.610 bits per heavy atom. The van der Waals surface area contributed by atoms with Gasteiger partial charge in [0.15, 0.2) is 0 Å². The van der Waals surface area contributed by atoms with Crippen molar-refractivity contribution in [3.63, 3.8) is 0 Å². The number of hydrogen-bond acceptors (Lipinski definition) is 5. The SMILES string of the molecule is CCCCCCC/C=C\CCCCCCCC(=O)OCCCCCCCCCCCCCCCC/C=C\CCCCCCCCCCCCCCCCCCCC(=O)NC(CO)C(O)/C=C/CCCCCCCCCCC. The number of carbonyl (C=O) groups excluding carboxylic acids is 2. The van der Waals surface area contributed by atoms with Crippen LogP contribution in [0.25, 0.3) is 0 Å². The summed E-state index contributed by atoms with van der Waals surface area (Å²) in [7, 11) is 0. The highest BCUT2D eigenvalue weighted by Crippen LogP contribution is 2.18. The summed E-state index contributed by atoms with van der Waals surface area (Å²) in [5.41, 5.74) is 0. The van der Waals surface area contributed by atoms with Crippen molar-refractivity contribution in [2.24, 2.45) is 0 Å². The lowest BCUT2D eigenvalue weighted by Crippen LogP contribution is -2.45. The second-order valence-electron chi connectivity index (χ2n) is 23.9. The number of unbranched alkanes of at least 4 members (excludes halogenated alkanes) is 50. The number of allylic oxidation sites excluding steroid dienone is 5. The summed E-state index contributed by atoms with van der Waals surface area (Å²) in [6.07, 6.45) is 85.2. The van der Waals surface area contributed by atoms with Crippen LogP contribution >= 0.6 is 0 Å². The van der Waals surface area contributed by atoms with Crippen LogP contribution in [0.2, 0.25) is 0 Å². The van der Waals surface area contributed by atoms with Crippen LogP contribution in [0.5, 0.6) is 0 Å². The van der Waals surface area contributed by atoms with E-state index in [2.05, 4.69) is 43.5 Å². The number of rotatable bonds is 65. The molecule has 2 atom stereocenters. The predicted octanol–water partition coefficient (Wildman–Crippen LogP) is 22.3. The minimum Gasteiger partial charge on any atom is -0.466 e. The zero-order chi connectivity index (χ0) is 55.7. The van der Waals surface area contributed by atoms with Crippen molar-refractivity contribution in [2.45, 2.75) is 392 Å². The number of ether oxygens (including phenoxy) is 1. The van der Waals surface area contributed by atoms with Gasteiger partial charge in [0, 0.05) is 12.8 Å². The lowest BCUT2D eigenvalue weighted by Gasteiger charge is -2.20. The van der Waals surface area contributed by atoms with Crippen LogP contribution in [-0.2, 0) is 14.3 Å². The number of esters is 1. The number of nitrogens with one attached hydrogen (secondary N) is 1. The molecule has 0 rings (SSSR count). The third-order valence-corrected chi connectivity index (χ3v) is 16.1. The van der Waals surface area contributed by atoms with Gasteiger partial charge in [-0.3, -0.25) is 9.59 Å². The molecule has 2 unspecified atom stereocenters. The van der Waals surface area contributed by atoms with Gasteiger partial charge in [-0.05, 0) is 83.5 Å². The van der Waals surface area contributed by atoms with E-state index in [4.69, 9.17) is 4.74 Å². The Morgan fingerprint density at radius 3 is 0.922 bits per heavy atom. The van der Waals surface area contributed by atoms with Crippen molar-refractivity contribution in [1.82, 2.24) is 5.32 Å². The number of carbonyl (C=O) groups is 2. The standard InChI is InChI=1S/C71H135NO5/c1-3-5-7-9-11-13-15-16-41-45-49-53-57-61-65-71(76)77-66-62-58-54-50-46-42-39-37-35-33-31-29-27-25-23-21-19-17-18-20-22-24-26-28-30-32-34-36-38-40-44-48-52-56-60-64-70(75)72-68(67-73)69(74)63-59-55-51-47-43-14-12-10-8-6-4-2/h15-16,19,21,59,63,68-69,73-74H,3-14,17-18,20,22-58,60-62,64-67H2,1-2H3,(H,72,75)/b16-15-,21-19-,63-59+. The molecule has 0 saturated carbocycles. The molecule has 0 aliphatic heterocycles. The number of aliphatic hydroxyl groups excluding tert-OH is 2. The normalized spacial score (nSPS) is 12.7. The fourth-order valence-electron chi connectivity index (χ4n) is 10.8. The molecule has 0 aliphatic rings. The van der Waals surface area contributed by atoms with E-state index < -0.39 is 12.1 Å². The van der Waals surface area contributed by atoms with Gasteiger partial charge in [0.2, 0.25) is 5.91 Å². The van der Waals surface area contributed by atoms with Gasteiger partial charge in [-0.15, -0.1) is 0 Å². The molecule has 1 amide bonds. The van der Waals surface area contributed by atoms with Gasteiger partial charge < -0.3 is 20.3 Å². The first-order chi connectivity index (χ1) is 38.0. The molecule has 3 N–H and O–H groups in total. The third-order valence-electron chi connectivity index (χ3n) is 16.1. The molecule has 6 nitrogen and oxygen atoms in total. The van der Waals surface area contributed by atoms with E-state index in [1.165, 1.54) is 308 Å². The lowest BCUT2D eigenvalue weighted by atomic mass is 10.0. The van der Waals surface area contributed by atoms with Crippen LogP contribution in [0.3, 0.4) is 0 Å². The smallest absolute Gasteiger partial charge is 0.305 e. The number of amides is 1. The summed E-state index contributed by atoms with van der Waals surface area (Å²) in [6, 6.07) is -0.623. The summed E-state index contributed by atoms with van der Waals surface area (Å²) < 4.78 is 5.49. The Bertz CT molecular complexity index is 1250. The molecule has 0 heterocycles. The van der Waals surface area contributed by atoms with Crippen molar-refractivity contribution >= 4 is 11.9 Å². The average molecular weight is 1080 g/mol. The Kier molecular flexibility index (Phi) is 64.9. The molecule has 0 aromatic rings. The molecule has 0 saturated heterocycles. The minimum absolute atomic E-state index is 0.0116. The second kappa shape index (κ2) is 66.6. The first kappa shape index (κ1) is 75.1. The molecular formula is C71H135NO5. The van der Waals surface area contributed by atoms with Gasteiger partial charge in [-0.1, -0.05) is 320 Å². The van der Waals surface area contributed by atoms with Gasteiger partial charge in [0.05, 0.1) is 25.4 Å². The molecule has 0 aromatic carbocycles. The number of aliphatic hydroxyl groups is 2. The van der Waals surface area contributed by atoms with Crippen LogP contribution in [0.4, 0.5) is 0 Å². The predicted molar refractivity (Wildman–Crippen MR) is 338 cm³/mol. The average Bonchev–Trinajstić information content (AvgIpc) is 3.43. The zero-order valence-corrected chi connectivity index (χ0v) is 52.0. The van der Waals surface area contributed by atoms with Gasteiger partial charge in [-0.25, -0.2) is 0 Å². The monoisotopic (exact) mass is 1080 g/mol. The van der Waals surface area contributed by atoms with Gasteiger partial charge in [0.25, 0.3) is 0 Å². The lowest BCUT2D eigenvalue weighted by molar-refractivity contribution is -0.143. The zero-order valence-electron chi connectivity index (χ0n) is 52.0. The number of hydrogen-bond donors (Lipinski definition) is 3. The van der Waals surface area contributed by atoms with E-state index in [0.717, 1.165) is 44.9 Å². The van der Waals surface area contributed by atoms with E-state index in [1.54, 1.807) is 6.08 Å². The highest BCUT2D eigenvalue weighted by molar-refractivity contribution is 5.76. The van der Waals surface area contributed by atoms with E-state index in [9.17, 15) is 19.8 Å². The van der Waals surface area contributed by atoms with Crippen LogP contribution < -0.4 is 5.32 Å².